The monoisotopic (exact) mass is 264 g/mol. The first kappa shape index (κ1) is 17.8. The van der Waals surface area contributed by atoms with Gasteiger partial charge in [-0.3, -0.25) is 0 Å². The Bertz CT molecular complexity index is 184. The Morgan fingerprint density at radius 2 is 1.28 bits per heavy atom. The summed E-state index contributed by atoms with van der Waals surface area (Å²) >= 11 is 0. The van der Waals surface area contributed by atoms with Gasteiger partial charge in [0.15, 0.2) is 6.29 Å². The third kappa shape index (κ3) is 12.3. The highest BCUT2D eigenvalue weighted by atomic mass is 16.6. The predicted octanol–water partition coefficient (Wildman–Crippen LogP) is 1.31. The maximum Gasteiger partial charge on any atom is 0.151 e. The third-order valence-electron chi connectivity index (χ3n) is 2.43. The molecule has 110 valence electrons. The second-order valence-electron chi connectivity index (χ2n) is 4.72. The van der Waals surface area contributed by atoms with Gasteiger partial charge in [-0.25, -0.2) is 0 Å². The molecular formula is C13H28O5. The molecule has 0 amide bonds. The fourth-order valence-electron chi connectivity index (χ4n) is 1.31. The topological polar surface area (TPSA) is 68.2 Å². The Morgan fingerprint density at radius 1 is 0.778 bits per heavy atom. The van der Waals surface area contributed by atoms with Crippen molar-refractivity contribution in [2.24, 2.45) is 0 Å². The van der Waals surface area contributed by atoms with E-state index in [1.54, 1.807) is 13.8 Å². The number of hydrogen-bond donors (Lipinski definition) is 2. The molecule has 18 heavy (non-hydrogen) atoms. The molecule has 4 unspecified atom stereocenters. The molecule has 5 nitrogen and oxygen atoms in total. The molecule has 0 aliphatic carbocycles. The van der Waals surface area contributed by atoms with Crippen molar-refractivity contribution >= 4 is 0 Å². The zero-order chi connectivity index (χ0) is 14.0. The lowest BCUT2D eigenvalue weighted by Crippen LogP contribution is -2.20. The molecule has 0 fully saturated rings. The Balaban J connectivity index is 3.40. The maximum atomic E-state index is 9.07. The van der Waals surface area contributed by atoms with Crippen LogP contribution in [0, 0.1) is 0 Å². The van der Waals surface area contributed by atoms with Gasteiger partial charge >= 0.3 is 0 Å². The van der Waals surface area contributed by atoms with Gasteiger partial charge in [-0.15, -0.1) is 0 Å². The lowest BCUT2D eigenvalue weighted by atomic mass is 10.2. The molecule has 0 saturated heterocycles. The van der Waals surface area contributed by atoms with Gasteiger partial charge in [0.05, 0.1) is 31.5 Å². The second kappa shape index (κ2) is 10.7. The molecular weight excluding hydrogens is 236 g/mol. The summed E-state index contributed by atoms with van der Waals surface area (Å²) in [5, 5.41) is 18.0. The van der Waals surface area contributed by atoms with Crippen LogP contribution in [0.3, 0.4) is 0 Å². The smallest absolute Gasteiger partial charge is 0.151 e. The van der Waals surface area contributed by atoms with Crippen molar-refractivity contribution in [2.75, 3.05) is 19.8 Å². The summed E-state index contributed by atoms with van der Waals surface area (Å²) in [6.07, 6.45) is 0.603. The van der Waals surface area contributed by atoms with Crippen molar-refractivity contribution in [3.8, 4) is 0 Å². The first-order valence-electron chi connectivity index (χ1n) is 6.62. The molecule has 0 aliphatic heterocycles. The van der Waals surface area contributed by atoms with Crippen molar-refractivity contribution in [1.82, 2.24) is 0 Å². The van der Waals surface area contributed by atoms with Crippen LogP contribution in [0.25, 0.3) is 0 Å². The van der Waals surface area contributed by atoms with Gasteiger partial charge in [0.25, 0.3) is 0 Å². The van der Waals surface area contributed by atoms with Crippen molar-refractivity contribution < 1.29 is 24.4 Å². The third-order valence-corrected chi connectivity index (χ3v) is 2.43. The second-order valence-corrected chi connectivity index (χ2v) is 4.72. The lowest BCUT2D eigenvalue weighted by molar-refractivity contribution is -0.0952. The molecule has 2 N–H and O–H groups in total. The number of ether oxygens (including phenoxy) is 3. The summed E-state index contributed by atoms with van der Waals surface area (Å²) in [4.78, 5) is 0. The van der Waals surface area contributed by atoms with Crippen LogP contribution in [0.5, 0.6) is 0 Å². The van der Waals surface area contributed by atoms with Crippen LogP contribution in [0.15, 0.2) is 0 Å². The van der Waals surface area contributed by atoms with Crippen LogP contribution in [0.1, 0.15) is 40.5 Å². The van der Waals surface area contributed by atoms with Crippen LogP contribution in [-0.4, -0.2) is 54.6 Å². The summed E-state index contributed by atoms with van der Waals surface area (Å²) in [6, 6.07) is 0. The Morgan fingerprint density at radius 3 is 1.78 bits per heavy atom. The quantitative estimate of drug-likeness (QED) is 0.551. The minimum Gasteiger partial charge on any atom is -0.391 e. The number of aliphatic hydroxyl groups excluding tert-OH is 2. The fourth-order valence-corrected chi connectivity index (χ4v) is 1.31. The summed E-state index contributed by atoms with van der Waals surface area (Å²) in [6.45, 7) is 8.71. The van der Waals surface area contributed by atoms with Crippen LogP contribution in [0.4, 0.5) is 0 Å². The molecule has 0 aromatic carbocycles. The molecule has 5 heteroatoms. The van der Waals surface area contributed by atoms with Crippen LogP contribution in [-0.2, 0) is 14.2 Å². The summed E-state index contributed by atoms with van der Waals surface area (Å²) in [5.41, 5.74) is 0. The van der Waals surface area contributed by atoms with E-state index in [0.717, 1.165) is 12.8 Å². The standard InChI is InChI=1S/C13H28O5/c1-10(14)9-18-12(3)5-7-16-11(2)6-8-17-13(4)15/h10-15H,5-9H2,1-4H3. The average Bonchev–Trinajstić information content (AvgIpc) is 2.25. The number of hydrogen-bond acceptors (Lipinski definition) is 5. The van der Waals surface area contributed by atoms with Gasteiger partial charge in [0.1, 0.15) is 0 Å². The predicted molar refractivity (Wildman–Crippen MR) is 69.4 cm³/mol. The van der Waals surface area contributed by atoms with Crippen LogP contribution < -0.4 is 0 Å². The van der Waals surface area contributed by atoms with E-state index in [0.29, 0.717) is 19.8 Å². The van der Waals surface area contributed by atoms with E-state index in [9.17, 15) is 0 Å². The Kier molecular flexibility index (Phi) is 10.6. The van der Waals surface area contributed by atoms with Crippen LogP contribution in [0.2, 0.25) is 0 Å². The molecule has 0 radical (unpaired) electrons. The minimum absolute atomic E-state index is 0.0838. The molecule has 0 heterocycles. The summed E-state index contributed by atoms with van der Waals surface area (Å²) in [7, 11) is 0. The lowest BCUT2D eigenvalue weighted by Gasteiger charge is -2.17. The van der Waals surface area contributed by atoms with Gasteiger partial charge in [0.2, 0.25) is 0 Å². The van der Waals surface area contributed by atoms with E-state index in [2.05, 4.69) is 0 Å². The molecule has 0 saturated carbocycles. The van der Waals surface area contributed by atoms with Crippen molar-refractivity contribution in [1.29, 1.82) is 0 Å². The van der Waals surface area contributed by atoms with Gasteiger partial charge in [-0.2, -0.15) is 0 Å². The zero-order valence-electron chi connectivity index (χ0n) is 12.0. The van der Waals surface area contributed by atoms with Gasteiger partial charge in [-0.05, 0) is 40.5 Å². The van der Waals surface area contributed by atoms with Gasteiger partial charge < -0.3 is 24.4 Å². The molecule has 0 aromatic rings. The van der Waals surface area contributed by atoms with E-state index < -0.39 is 12.4 Å². The summed E-state index contributed by atoms with van der Waals surface area (Å²) in [5.74, 6) is 0. The number of rotatable bonds is 11. The Labute approximate surface area is 110 Å². The van der Waals surface area contributed by atoms with E-state index in [-0.39, 0.29) is 12.2 Å². The zero-order valence-corrected chi connectivity index (χ0v) is 12.0. The highest BCUT2D eigenvalue weighted by Crippen LogP contribution is 2.04. The highest BCUT2D eigenvalue weighted by molar-refractivity contribution is 4.54. The van der Waals surface area contributed by atoms with E-state index in [1.165, 1.54) is 0 Å². The van der Waals surface area contributed by atoms with Crippen molar-refractivity contribution in [3.05, 3.63) is 0 Å². The molecule has 4 atom stereocenters. The first-order chi connectivity index (χ1) is 8.41. The average molecular weight is 264 g/mol. The maximum absolute atomic E-state index is 9.07. The van der Waals surface area contributed by atoms with Gasteiger partial charge in [-0.1, -0.05) is 0 Å². The number of aliphatic hydroxyl groups is 2. The molecule has 0 aliphatic rings. The van der Waals surface area contributed by atoms with E-state index >= 15 is 0 Å². The van der Waals surface area contributed by atoms with Crippen LogP contribution >= 0.6 is 0 Å². The first-order valence-corrected chi connectivity index (χ1v) is 6.62. The SMILES string of the molecule is CC(O)COC(C)CCOC(C)CCOC(C)O. The van der Waals surface area contributed by atoms with Crippen molar-refractivity contribution in [3.63, 3.8) is 0 Å². The summed E-state index contributed by atoms with van der Waals surface area (Å²) < 4.78 is 16.0. The Hall–Kier alpha value is -0.200. The molecule has 0 spiro atoms. The normalized spacial score (nSPS) is 18.3. The highest BCUT2D eigenvalue weighted by Gasteiger charge is 2.07. The molecule has 0 bridgehead atoms. The molecule has 0 aromatic heterocycles. The van der Waals surface area contributed by atoms with E-state index in [1.807, 2.05) is 13.8 Å². The largest absolute Gasteiger partial charge is 0.391 e. The fraction of sp³-hybridized carbons (Fsp3) is 1.00. The van der Waals surface area contributed by atoms with Gasteiger partial charge in [0, 0.05) is 6.61 Å². The van der Waals surface area contributed by atoms with Crippen molar-refractivity contribution in [2.45, 2.75) is 65.1 Å². The molecule has 0 rings (SSSR count). The minimum atomic E-state index is -0.717. The van der Waals surface area contributed by atoms with E-state index in [4.69, 9.17) is 24.4 Å².